The summed E-state index contributed by atoms with van der Waals surface area (Å²) in [5.41, 5.74) is 18.8. The summed E-state index contributed by atoms with van der Waals surface area (Å²) >= 11 is 0. The predicted molar refractivity (Wildman–Crippen MR) is 146 cm³/mol. The minimum absolute atomic E-state index is 0.0400. The number of nitrogens with zero attached hydrogens (tertiary/aromatic N) is 3. The van der Waals surface area contributed by atoms with Gasteiger partial charge in [0.15, 0.2) is 0 Å². The molecule has 1 unspecified atom stereocenters. The number of primary amides is 1. The molecule has 0 bridgehead atoms. The third kappa shape index (κ3) is 7.21. The Morgan fingerprint density at radius 2 is 1.66 bits per heavy atom. The third-order valence-electron chi connectivity index (χ3n) is 6.44. The Morgan fingerprint density at radius 1 is 0.974 bits per heavy atom. The summed E-state index contributed by atoms with van der Waals surface area (Å²) in [5, 5.41) is 0. The van der Waals surface area contributed by atoms with Gasteiger partial charge in [0.25, 0.3) is 5.91 Å². The van der Waals surface area contributed by atoms with Crippen molar-refractivity contribution in [2.24, 2.45) is 22.2 Å². The molecule has 10 nitrogen and oxygen atoms in total. The van der Waals surface area contributed by atoms with Crippen LogP contribution in [0.4, 0.5) is 0 Å². The van der Waals surface area contributed by atoms with E-state index >= 15 is 0 Å². The number of rotatable bonds is 9. The maximum absolute atomic E-state index is 12.6. The number of para-hydroxylation sites is 1. The number of nitrogens with two attached hydrogens (primary N) is 3. The summed E-state index contributed by atoms with van der Waals surface area (Å²) in [5.74, 6) is 0.434. The number of likely N-dealkylation sites (tertiary alicyclic amines) is 1. The molecule has 2 aliphatic heterocycles. The summed E-state index contributed by atoms with van der Waals surface area (Å²) in [4.78, 5) is 33.3. The predicted octanol–water partition coefficient (Wildman–Crippen LogP) is 1.48. The molecular weight excluding hydrogens is 484 g/mol. The minimum atomic E-state index is -0.773. The largest absolute Gasteiger partial charge is 0.457 e. The molecule has 0 aliphatic carbocycles. The van der Waals surface area contributed by atoms with Gasteiger partial charge in [-0.15, -0.1) is 0 Å². The molecule has 200 valence electrons. The van der Waals surface area contributed by atoms with Gasteiger partial charge in [0.2, 0.25) is 5.91 Å². The molecule has 2 amide bonds. The second-order valence-electron chi connectivity index (χ2n) is 9.15. The van der Waals surface area contributed by atoms with Gasteiger partial charge in [0, 0.05) is 38.8 Å². The summed E-state index contributed by atoms with van der Waals surface area (Å²) in [6.45, 7) is 4.83. The van der Waals surface area contributed by atoms with Crippen LogP contribution >= 0.6 is 0 Å². The van der Waals surface area contributed by atoms with E-state index in [1.807, 2.05) is 36.4 Å². The number of amidine groups is 1. The quantitative estimate of drug-likeness (QED) is 0.259. The van der Waals surface area contributed by atoms with E-state index in [1.54, 1.807) is 35.2 Å². The second kappa shape index (κ2) is 12.9. The van der Waals surface area contributed by atoms with Crippen LogP contribution in [0.5, 0.6) is 11.5 Å². The molecule has 6 N–H and O–H groups in total. The second-order valence-corrected chi connectivity index (χ2v) is 9.15. The van der Waals surface area contributed by atoms with Crippen LogP contribution in [-0.4, -0.2) is 79.4 Å². The summed E-state index contributed by atoms with van der Waals surface area (Å²) in [7, 11) is 0. The van der Waals surface area contributed by atoms with E-state index in [2.05, 4.69) is 9.89 Å². The van der Waals surface area contributed by atoms with Gasteiger partial charge in [-0.2, -0.15) is 0 Å². The molecule has 4 rings (SSSR count). The first-order valence-electron chi connectivity index (χ1n) is 12.6. The SMILES string of the molecule is NC(=O)C(C(N)=NC1CCN(C(=O)/C=C/CN2CCOCC2)C1)=C(N)c1ccc(Oc2ccccc2)cc1. The zero-order valence-electron chi connectivity index (χ0n) is 21.3. The van der Waals surface area contributed by atoms with E-state index in [0.717, 1.165) is 26.3 Å². The van der Waals surface area contributed by atoms with Crippen molar-refractivity contribution in [2.45, 2.75) is 12.5 Å². The Bertz CT molecular complexity index is 1200. The lowest BCUT2D eigenvalue weighted by atomic mass is 10.0. The van der Waals surface area contributed by atoms with E-state index in [0.29, 0.717) is 43.1 Å². The van der Waals surface area contributed by atoms with Crippen LogP contribution < -0.4 is 21.9 Å². The van der Waals surface area contributed by atoms with Gasteiger partial charge in [-0.3, -0.25) is 19.5 Å². The standard InChI is InChI=1S/C28H34N6O4/c29-26(20-8-10-23(11-9-20)38-22-5-2-1-3-6-22)25(28(31)36)27(30)32-21-12-14-34(19-21)24(35)7-4-13-33-15-17-37-18-16-33/h1-11,21H,12-19,29H2,(H2,30,32)(H2,31,36)/b7-4+,26-25?. The molecule has 0 spiro atoms. The normalized spacial score (nSPS) is 19.4. The number of carbonyl (C=O) groups excluding carboxylic acids is 2. The lowest BCUT2D eigenvalue weighted by Crippen LogP contribution is -2.36. The van der Waals surface area contributed by atoms with Crippen molar-refractivity contribution in [1.29, 1.82) is 0 Å². The molecule has 38 heavy (non-hydrogen) atoms. The van der Waals surface area contributed by atoms with Crippen LogP contribution in [-0.2, 0) is 14.3 Å². The first-order valence-corrected chi connectivity index (χ1v) is 12.6. The van der Waals surface area contributed by atoms with E-state index in [1.165, 1.54) is 0 Å². The molecule has 0 radical (unpaired) electrons. The number of ether oxygens (including phenoxy) is 2. The van der Waals surface area contributed by atoms with Gasteiger partial charge in [-0.05, 0) is 48.4 Å². The van der Waals surface area contributed by atoms with Gasteiger partial charge in [0.1, 0.15) is 22.9 Å². The van der Waals surface area contributed by atoms with Gasteiger partial charge in [-0.1, -0.05) is 24.3 Å². The topological polar surface area (TPSA) is 150 Å². The molecular formula is C28H34N6O4. The van der Waals surface area contributed by atoms with E-state index in [-0.39, 0.29) is 29.1 Å². The van der Waals surface area contributed by atoms with E-state index in [9.17, 15) is 9.59 Å². The highest BCUT2D eigenvalue weighted by atomic mass is 16.5. The molecule has 2 aromatic rings. The molecule has 0 aromatic heterocycles. The number of hydrogen-bond donors (Lipinski definition) is 3. The Balaban J connectivity index is 1.39. The zero-order valence-corrected chi connectivity index (χ0v) is 21.3. The fraction of sp³-hybridized carbons (Fsp3) is 0.321. The average molecular weight is 519 g/mol. The third-order valence-corrected chi connectivity index (χ3v) is 6.44. The van der Waals surface area contributed by atoms with Crippen molar-refractivity contribution in [2.75, 3.05) is 45.9 Å². The summed E-state index contributed by atoms with van der Waals surface area (Å²) in [6.07, 6.45) is 4.10. The first-order chi connectivity index (χ1) is 18.4. The Morgan fingerprint density at radius 3 is 2.34 bits per heavy atom. The zero-order chi connectivity index (χ0) is 26.9. The maximum atomic E-state index is 12.6. The average Bonchev–Trinajstić information content (AvgIpc) is 3.38. The maximum Gasteiger partial charge on any atom is 0.254 e. The highest BCUT2D eigenvalue weighted by Gasteiger charge is 2.26. The molecule has 10 heteroatoms. The Kier molecular flexibility index (Phi) is 9.12. The van der Waals surface area contributed by atoms with Crippen LogP contribution in [0.1, 0.15) is 12.0 Å². The van der Waals surface area contributed by atoms with Crippen LogP contribution in [0.15, 0.2) is 77.3 Å². The van der Waals surface area contributed by atoms with E-state index < -0.39 is 5.91 Å². The Hall–Kier alpha value is -4.15. The highest BCUT2D eigenvalue weighted by Crippen LogP contribution is 2.24. The number of morpholine rings is 1. The minimum Gasteiger partial charge on any atom is -0.457 e. The fourth-order valence-electron chi connectivity index (χ4n) is 4.37. The Labute approximate surface area is 222 Å². The van der Waals surface area contributed by atoms with Crippen molar-refractivity contribution in [3.63, 3.8) is 0 Å². The van der Waals surface area contributed by atoms with Crippen LogP contribution in [0.3, 0.4) is 0 Å². The lowest BCUT2D eigenvalue weighted by molar-refractivity contribution is -0.125. The number of aliphatic imine (C=N–C) groups is 1. The van der Waals surface area contributed by atoms with Gasteiger partial charge < -0.3 is 31.6 Å². The van der Waals surface area contributed by atoms with Crippen LogP contribution in [0, 0.1) is 0 Å². The fourth-order valence-corrected chi connectivity index (χ4v) is 4.37. The molecule has 2 aliphatic rings. The van der Waals surface area contributed by atoms with Gasteiger partial charge >= 0.3 is 0 Å². The first kappa shape index (κ1) is 26.9. The van der Waals surface area contributed by atoms with Crippen molar-refractivity contribution in [3.8, 4) is 11.5 Å². The van der Waals surface area contributed by atoms with Crippen molar-refractivity contribution in [3.05, 3.63) is 77.9 Å². The van der Waals surface area contributed by atoms with Gasteiger partial charge in [-0.25, -0.2) is 0 Å². The van der Waals surface area contributed by atoms with Crippen molar-refractivity contribution < 1.29 is 19.1 Å². The summed E-state index contributed by atoms with van der Waals surface area (Å²) in [6, 6.07) is 16.1. The smallest absolute Gasteiger partial charge is 0.254 e. The van der Waals surface area contributed by atoms with Gasteiger partial charge in [0.05, 0.1) is 25.0 Å². The molecule has 1 atom stereocenters. The summed E-state index contributed by atoms with van der Waals surface area (Å²) < 4.78 is 11.1. The molecule has 0 saturated carbocycles. The number of carbonyl (C=O) groups is 2. The van der Waals surface area contributed by atoms with Crippen molar-refractivity contribution >= 4 is 23.3 Å². The van der Waals surface area contributed by atoms with E-state index in [4.69, 9.17) is 26.7 Å². The lowest BCUT2D eigenvalue weighted by Gasteiger charge is -2.25. The van der Waals surface area contributed by atoms with Crippen molar-refractivity contribution in [1.82, 2.24) is 9.80 Å². The van der Waals surface area contributed by atoms with Crippen LogP contribution in [0.2, 0.25) is 0 Å². The number of amides is 2. The van der Waals surface area contributed by atoms with Crippen LogP contribution in [0.25, 0.3) is 5.70 Å². The monoisotopic (exact) mass is 518 g/mol. The molecule has 2 saturated heterocycles. The molecule has 2 aromatic carbocycles. The molecule has 2 fully saturated rings. The number of benzene rings is 2. The highest BCUT2D eigenvalue weighted by molar-refractivity contribution is 6.24. The number of hydrogen-bond acceptors (Lipinski definition) is 7. The molecule has 2 heterocycles.